The molecule has 4 rings (SSSR count). The number of hydrogen-bond acceptors (Lipinski definition) is 6. The number of thiazole rings is 1. The van der Waals surface area contributed by atoms with Gasteiger partial charge in [0.05, 0.1) is 26.3 Å². The van der Waals surface area contributed by atoms with Gasteiger partial charge in [-0.1, -0.05) is 23.2 Å². The quantitative estimate of drug-likeness (QED) is 0.427. The third-order valence-electron chi connectivity index (χ3n) is 4.04. The number of anilines is 1. The fourth-order valence-corrected chi connectivity index (χ4v) is 3.83. The molecule has 0 unspecified atom stereocenters. The van der Waals surface area contributed by atoms with Crippen LogP contribution in [0.15, 0.2) is 46.3 Å². The number of rotatable bonds is 6. The Morgan fingerprint density at radius 1 is 1.14 bits per heavy atom. The highest BCUT2D eigenvalue weighted by atomic mass is 35.5. The van der Waals surface area contributed by atoms with Gasteiger partial charge in [-0.05, 0) is 42.8 Å². The standard InChI is InChI=1S/C19H14Cl2N4O2S/c20-11-4-6-13(14(21)8-11)19-25-24-18(27-19)3-1-2-17(26)23-12-5-7-16-15(9-12)22-10-28-16/h4-10H,1-3H2,(H,23,26). The second-order valence-electron chi connectivity index (χ2n) is 6.06. The molecule has 1 amide bonds. The lowest BCUT2D eigenvalue weighted by atomic mass is 10.2. The zero-order chi connectivity index (χ0) is 19.5. The van der Waals surface area contributed by atoms with Crippen molar-refractivity contribution in [2.45, 2.75) is 19.3 Å². The predicted molar refractivity (Wildman–Crippen MR) is 111 cm³/mol. The highest BCUT2D eigenvalue weighted by Gasteiger charge is 2.13. The van der Waals surface area contributed by atoms with Gasteiger partial charge in [0.25, 0.3) is 0 Å². The average Bonchev–Trinajstić information content (AvgIpc) is 3.30. The maximum atomic E-state index is 12.2. The number of carbonyl (C=O) groups excluding carboxylic acids is 1. The summed E-state index contributed by atoms with van der Waals surface area (Å²) in [6.45, 7) is 0. The summed E-state index contributed by atoms with van der Waals surface area (Å²) in [5, 5.41) is 11.9. The number of fused-ring (bicyclic) bond motifs is 1. The van der Waals surface area contributed by atoms with Crippen LogP contribution in [0.4, 0.5) is 5.69 Å². The van der Waals surface area contributed by atoms with E-state index in [0.717, 1.165) is 15.9 Å². The zero-order valence-corrected chi connectivity index (χ0v) is 16.8. The summed E-state index contributed by atoms with van der Waals surface area (Å²) < 4.78 is 6.73. The van der Waals surface area contributed by atoms with Crippen LogP contribution in [0, 0.1) is 0 Å². The van der Waals surface area contributed by atoms with Crippen molar-refractivity contribution in [3.63, 3.8) is 0 Å². The van der Waals surface area contributed by atoms with Gasteiger partial charge in [-0.15, -0.1) is 21.5 Å². The molecule has 0 aliphatic heterocycles. The van der Waals surface area contributed by atoms with Crippen molar-refractivity contribution < 1.29 is 9.21 Å². The first kappa shape index (κ1) is 18.9. The third-order valence-corrected chi connectivity index (χ3v) is 5.39. The molecule has 0 radical (unpaired) electrons. The van der Waals surface area contributed by atoms with Gasteiger partial charge in [0.15, 0.2) is 0 Å². The van der Waals surface area contributed by atoms with Gasteiger partial charge < -0.3 is 9.73 Å². The van der Waals surface area contributed by atoms with Crippen molar-refractivity contribution >= 4 is 56.3 Å². The Bertz CT molecular complexity index is 1140. The molecule has 2 aromatic carbocycles. The summed E-state index contributed by atoms with van der Waals surface area (Å²) in [4.78, 5) is 16.4. The van der Waals surface area contributed by atoms with E-state index in [2.05, 4.69) is 20.5 Å². The second-order valence-corrected chi connectivity index (χ2v) is 7.79. The lowest BCUT2D eigenvalue weighted by Crippen LogP contribution is -2.11. The maximum absolute atomic E-state index is 12.2. The zero-order valence-electron chi connectivity index (χ0n) is 14.5. The number of benzene rings is 2. The molecule has 0 saturated heterocycles. The number of hydrogen-bond donors (Lipinski definition) is 1. The fourth-order valence-electron chi connectivity index (χ4n) is 2.69. The van der Waals surface area contributed by atoms with E-state index in [1.54, 1.807) is 35.0 Å². The van der Waals surface area contributed by atoms with E-state index in [9.17, 15) is 4.79 Å². The minimum absolute atomic E-state index is 0.0740. The Kier molecular flexibility index (Phi) is 5.57. The molecular weight excluding hydrogens is 419 g/mol. The fraction of sp³-hybridized carbons (Fsp3) is 0.158. The molecule has 0 aliphatic carbocycles. The first-order valence-corrected chi connectivity index (χ1v) is 10.1. The number of carbonyl (C=O) groups is 1. The van der Waals surface area contributed by atoms with Crippen molar-refractivity contribution in [2.75, 3.05) is 5.32 Å². The minimum atomic E-state index is -0.0740. The number of nitrogens with one attached hydrogen (secondary N) is 1. The Morgan fingerprint density at radius 3 is 2.89 bits per heavy atom. The summed E-state index contributed by atoms with van der Waals surface area (Å²) in [6.07, 6.45) is 1.42. The van der Waals surface area contributed by atoms with Crippen molar-refractivity contribution in [1.29, 1.82) is 0 Å². The summed E-state index contributed by atoms with van der Waals surface area (Å²) in [6, 6.07) is 10.7. The van der Waals surface area contributed by atoms with Crippen LogP contribution < -0.4 is 5.32 Å². The van der Waals surface area contributed by atoms with Crippen LogP contribution in [0.25, 0.3) is 21.7 Å². The Balaban J connectivity index is 1.31. The van der Waals surface area contributed by atoms with Gasteiger partial charge in [0.1, 0.15) is 0 Å². The summed E-state index contributed by atoms with van der Waals surface area (Å²) in [5.74, 6) is 0.713. The summed E-state index contributed by atoms with van der Waals surface area (Å²) in [5.41, 5.74) is 4.02. The van der Waals surface area contributed by atoms with Crippen LogP contribution in [0.3, 0.4) is 0 Å². The molecule has 0 saturated carbocycles. The van der Waals surface area contributed by atoms with Gasteiger partial charge in [0, 0.05) is 23.6 Å². The molecule has 0 fully saturated rings. The van der Waals surface area contributed by atoms with Crippen molar-refractivity contribution in [1.82, 2.24) is 15.2 Å². The molecule has 28 heavy (non-hydrogen) atoms. The topological polar surface area (TPSA) is 80.9 Å². The summed E-state index contributed by atoms with van der Waals surface area (Å²) >= 11 is 13.6. The van der Waals surface area contributed by atoms with E-state index in [4.69, 9.17) is 27.6 Å². The lowest BCUT2D eigenvalue weighted by Gasteiger charge is -2.04. The van der Waals surface area contributed by atoms with Crippen LogP contribution in [0.2, 0.25) is 10.0 Å². The molecule has 4 aromatic rings. The van der Waals surface area contributed by atoms with Crippen molar-refractivity contribution in [3.8, 4) is 11.5 Å². The highest BCUT2D eigenvalue weighted by Crippen LogP contribution is 2.29. The van der Waals surface area contributed by atoms with E-state index in [1.165, 1.54) is 0 Å². The number of amides is 1. The highest BCUT2D eigenvalue weighted by molar-refractivity contribution is 7.16. The number of halogens is 2. The molecule has 9 heteroatoms. The maximum Gasteiger partial charge on any atom is 0.249 e. The number of aromatic nitrogens is 3. The molecule has 142 valence electrons. The normalized spacial score (nSPS) is 11.1. The Morgan fingerprint density at radius 2 is 2.04 bits per heavy atom. The van der Waals surface area contributed by atoms with Crippen LogP contribution in [0.1, 0.15) is 18.7 Å². The van der Waals surface area contributed by atoms with E-state index < -0.39 is 0 Å². The molecule has 0 aliphatic rings. The SMILES string of the molecule is O=C(CCCc1nnc(-c2ccc(Cl)cc2Cl)o1)Nc1ccc2scnc2c1. The van der Waals surface area contributed by atoms with Crippen LogP contribution in [-0.2, 0) is 11.2 Å². The predicted octanol–water partition coefficient (Wildman–Crippen LogP) is 5.61. The third kappa shape index (κ3) is 4.32. The monoisotopic (exact) mass is 432 g/mol. The second kappa shape index (κ2) is 8.26. The van der Waals surface area contributed by atoms with Gasteiger partial charge in [-0.25, -0.2) is 4.98 Å². The molecule has 0 spiro atoms. The van der Waals surface area contributed by atoms with Gasteiger partial charge in [-0.3, -0.25) is 4.79 Å². The molecule has 2 aromatic heterocycles. The first-order chi connectivity index (χ1) is 13.6. The lowest BCUT2D eigenvalue weighted by molar-refractivity contribution is -0.116. The first-order valence-electron chi connectivity index (χ1n) is 8.49. The largest absolute Gasteiger partial charge is 0.421 e. The summed E-state index contributed by atoms with van der Waals surface area (Å²) in [7, 11) is 0. The van der Waals surface area contributed by atoms with Crippen molar-refractivity contribution in [2.24, 2.45) is 0 Å². The Labute approximate surface area is 174 Å². The van der Waals surface area contributed by atoms with Gasteiger partial charge in [0.2, 0.25) is 17.7 Å². The molecule has 1 N–H and O–H groups in total. The van der Waals surface area contributed by atoms with E-state index in [-0.39, 0.29) is 5.91 Å². The van der Waals surface area contributed by atoms with Gasteiger partial charge >= 0.3 is 0 Å². The number of aryl methyl sites for hydroxylation is 1. The molecule has 6 nitrogen and oxygen atoms in total. The average molecular weight is 433 g/mol. The van der Waals surface area contributed by atoms with Crippen molar-refractivity contribution in [3.05, 3.63) is 57.8 Å². The minimum Gasteiger partial charge on any atom is -0.421 e. The van der Waals surface area contributed by atoms with Crippen LogP contribution >= 0.6 is 34.5 Å². The molecular formula is C19H14Cl2N4O2S. The van der Waals surface area contributed by atoms with E-state index in [1.807, 2.05) is 18.2 Å². The van der Waals surface area contributed by atoms with Crippen LogP contribution in [0.5, 0.6) is 0 Å². The van der Waals surface area contributed by atoms with E-state index in [0.29, 0.717) is 46.7 Å². The molecule has 2 heterocycles. The number of nitrogens with zero attached hydrogens (tertiary/aromatic N) is 3. The molecule has 0 atom stereocenters. The molecule has 0 bridgehead atoms. The van der Waals surface area contributed by atoms with E-state index >= 15 is 0 Å². The van der Waals surface area contributed by atoms with Crippen LogP contribution in [-0.4, -0.2) is 21.1 Å². The smallest absolute Gasteiger partial charge is 0.249 e. The van der Waals surface area contributed by atoms with Gasteiger partial charge in [-0.2, -0.15) is 0 Å². The Hall–Kier alpha value is -2.48.